The number of benzene rings is 8. The van der Waals surface area contributed by atoms with Gasteiger partial charge in [-0.3, -0.25) is 0 Å². The second kappa shape index (κ2) is 12.1. The zero-order valence-electron chi connectivity index (χ0n) is 28.3. The van der Waals surface area contributed by atoms with Crippen LogP contribution in [0.15, 0.2) is 188 Å². The molecule has 0 bridgehead atoms. The molecule has 0 atom stereocenters. The molecule has 1 aliphatic carbocycles. The fourth-order valence-corrected chi connectivity index (χ4v) is 7.78. The van der Waals surface area contributed by atoms with Crippen molar-refractivity contribution in [3.63, 3.8) is 0 Å². The van der Waals surface area contributed by atoms with Gasteiger partial charge in [0.25, 0.3) is 0 Å². The molecular formula is C49H37N. The number of fused-ring (bicyclic) bond motifs is 4. The first kappa shape index (κ1) is 29.9. The van der Waals surface area contributed by atoms with E-state index in [1.54, 1.807) is 0 Å². The molecule has 0 aromatic heterocycles. The lowest BCUT2D eigenvalue weighted by molar-refractivity contribution is 0.660. The van der Waals surface area contributed by atoms with Crippen molar-refractivity contribution in [1.29, 1.82) is 0 Å². The van der Waals surface area contributed by atoms with E-state index in [9.17, 15) is 0 Å². The van der Waals surface area contributed by atoms with Crippen LogP contribution >= 0.6 is 0 Å². The molecule has 0 aliphatic heterocycles. The maximum atomic E-state index is 2.41. The van der Waals surface area contributed by atoms with E-state index in [-0.39, 0.29) is 5.41 Å². The van der Waals surface area contributed by atoms with Crippen molar-refractivity contribution in [2.75, 3.05) is 4.90 Å². The van der Waals surface area contributed by atoms with Crippen molar-refractivity contribution >= 4 is 27.8 Å². The highest BCUT2D eigenvalue weighted by atomic mass is 15.1. The van der Waals surface area contributed by atoms with Gasteiger partial charge in [0.05, 0.1) is 0 Å². The van der Waals surface area contributed by atoms with Gasteiger partial charge >= 0.3 is 0 Å². The van der Waals surface area contributed by atoms with Crippen LogP contribution in [0.3, 0.4) is 0 Å². The van der Waals surface area contributed by atoms with E-state index in [0.29, 0.717) is 0 Å². The molecule has 8 aromatic carbocycles. The second-order valence-electron chi connectivity index (χ2n) is 13.8. The Labute approximate surface area is 294 Å². The predicted molar refractivity (Wildman–Crippen MR) is 213 cm³/mol. The van der Waals surface area contributed by atoms with Crippen LogP contribution in [0.25, 0.3) is 55.3 Å². The summed E-state index contributed by atoms with van der Waals surface area (Å²) in [5.41, 5.74) is 16.0. The molecule has 0 radical (unpaired) electrons. The van der Waals surface area contributed by atoms with Crippen molar-refractivity contribution in [3.8, 4) is 44.5 Å². The minimum absolute atomic E-state index is 0.0891. The highest BCUT2D eigenvalue weighted by Crippen LogP contribution is 2.50. The monoisotopic (exact) mass is 639 g/mol. The van der Waals surface area contributed by atoms with E-state index in [4.69, 9.17) is 0 Å². The third kappa shape index (κ3) is 5.19. The third-order valence-corrected chi connectivity index (χ3v) is 10.4. The Bertz CT molecular complexity index is 2510. The predicted octanol–water partition coefficient (Wildman–Crippen LogP) is 13.6. The number of hydrogen-bond acceptors (Lipinski definition) is 1. The molecule has 0 heterocycles. The van der Waals surface area contributed by atoms with Crippen LogP contribution in [-0.2, 0) is 5.41 Å². The quantitative estimate of drug-likeness (QED) is 0.175. The minimum atomic E-state index is -0.0891. The zero-order chi connectivity index (χ0) is 33.7. The van der Waals surface area contributed by atoms with Crippen LogP contribution in [0, 0.1) is 0 Å². The van der Waals surface area contributed by atoms with Crippen LogP contribution in [0.4, 0.5) is 17.1 Å². The van der Waals surface area contributed by atoms with E-state index in [1.165, 1.54) is 66.4 Å². The van der Waals surface area contributed by atoms with E-state index in [1.807, 2.05) is 0 Å². The molecule has 9 rings (SSSR count). The van der Waals surface area contributed by atoms with Crippen molar-refractivity contribution in [3.05, 3.63) is 199 Å². The maximum absolute atomic E-state index is 2.41. The average Bonchev–Trinajstić information content (AvgIpc) is 3.41. The highest BCUT2D eigenvalue weighted by Gasteiger charge is 2.35. The molecule has 8 aromatic rings. The lowest BCUT2D eigenvalue weighted by Gasteiger charge is -2.28. The van der Waals surface area contributed by atoms with Gasteiger partial charge in [-0.05, 0) is 115 Å². The van der Waals surface area contributed by atoms with Gasteiger partial charge in [-0.1, -0.05) is 153 Å². The summed E-state index contributed by atoms with van der Waals surface area (Å²) in [6.45, 7) is 4.70. The minimum Gasteiger partial charge on any atom is -0.310 e. The molecule has 1 heteroatoms. The van der Waals surface area contributed by atoms with Gasteiger partial charge < -0.3 is 4.90 Å². The maximum Gasteiger partial charge on any atom is 0.0467 e. The Morgan fingerprint density at radius 2 is 0.860 bits per heavy atom. The Balaban J connectivity index is 1.15. The smallest absolute Gasteiger partial charge is 0.0467 e. The van der Waals surface area contributed by atoms with Crippen LogP contribution in [0.1, 0.15) is 25.0 Å². The van der Waals surface area contributed by atoms with E-state index in [2.05, 4.69) is 207 Å². The van der Waals surface area contributed by atoms with Crippen molar-refractivity contribution < 1.29 is 0 Å². The molecule has 238 valence electrons. The van der Waals surface area contributed by atoms with Gasteiger partial charge in [-0.25, -0.2) is 0 Å². The SMILES string of the molecule is CC1(C)c2ccccc2-c2ccc(N(c3ccc(-c4cccc(-c5ccccc5)c4)cc3)c3cccc(-c4ccc5ccccc5c4)c3)cc21. The van der Waals surface area contributed by atoms with Gasteiger partial charge in [-0.2, -0.15) is 0 Å². The molecule has 0 saturated heterocycles. The van der Waals surface area contributed by atoms with Crippen LogP contribution in [-0.4, -0.2) is 0 Å². The summed E-state index contributed by atoms with van der Waals surface area (Å²) in [5.74, 6) is 0. The van der Waals surface area contributed by atoms with Crippen LogP contribution < -0.4 is 4.90 Å². The zero-order valence-corrected chi connectivity index (χ0v) is 28.3. The fraction of sp³-hybridized carbons (Fsp3) is 0.0612. The van der Waals surface area contributed by atoms with E-state index >= 15 is 0 Å². The fourth-order valence-electron chi connectivity index (χ4n) is 7.78. The summed E-state index contributed by atoms with van der Waals surface area (Å²) in [6, 6.07) is 68.6. The molecule has 0 fully saturated rings. The summed E-state index contributed by atoms with van der Waals surface area (Å²) in [7, 11) is 0. The van der Waals surface area contributed by atoms with Crippen LogP contribution in [0.5, 0.6) is 0 Å². The summed E-state index contributed by atoms with van der Waals surface area (Å²) in [5, 5.41) is 2.50. The second-order valence-corrected chi connectivity index (χ2v) is 13.8. The van der Waals surface area contributed by atoms with Gasteiger partial charge in [-0.15, -0.1) is 0 Å². The van der Waals surface area contributed by atoms with Crippen molar-refractivity contribution in [2.24, 2.45) is 0 Å². The lowest BCUT2D eigenvalue weighted by atomic mass is 9.82. The molecule has 1 aliphatic rings. The first-order valence-corrected chi connectivity index (χ1v) is 17.4. The van der Waals surface area contributed by atoms with E-state index in [0.717, 1.165) is 17.1 Å². The lowest BCUT2D eigenvalue weighted by Crippen LogP contribution is -2.16. The molecule has 1 nitrogen and oxygen atoms in total. The molecule has 0 spiro atoms. The van der Waals surface area contributed by atoms with Gasteiger partial charge in [0.2, 0.25) is 0 Å². The summed E-state index contributed by atoms with van der Waals surface area (Å²) >= 11 is 0. The Kier molecular flexibility index (Phi) is 7.21. The third-order valence-electron chi connectivity index (χ3n) is 10.4. The van der Waals surface area contributed by atoms with Crippen molar-refractivity contribution in [2.45, 2.75) is 19.3 Å². The number of rotatable bonds is 6. The first-order valence-electron chi connectivity index (χ1n) is 17.4. The normalized spacial score (nSPS) is 12.8. The average molecular weight is 640 g/mol. The van der Waals surface area contributed by atoms with Gasteiger partial charge in [0.15, 0.2) is 0 Å². The van der Waals surface area contributed by atoms with Crippen molar-refractivity contribution in [1.82, 2.24) is 0 Å². The number of anilines is 3. The summed E-state index contributed by atoms with van der Waals surface area (Å²) in [4.78, 5) is 2.41. The first-order chi connectivity index (χ1) is 24.5. The molecule has 0 saturated carbocycles. The summed E-state index contributed by atoms with van der Waals surface area (Å²) < 4.78 is 0. The molecule has 0 unspecified atom stereocenters. The number of hydrogen-bond donors (Lipinski definition) is 0. The highest BCUT2D eigenvalue weighted by molar-refractivity contribution is 5.90. The van der Waals surface area contributed by atoms with E-state index < -0.39 is 0 Å². The van der Waals surface area contributed by atoms with Crippen LogP contribution in [0.2, 0.25) is 0 Å². The largest absolute Gasteiger partial charge is 0.310 e. The Morgan fingerprint density at radius 1 is 0.320 bits per heavy atom. The van der Waals surface area contributed by atoms with Gasteiger partial charge in [0, 0.05) is 22.5 Å². The number of nitrogens with zero attached hydrogens (tertiary/aromatic N) is 1. The Hall–Kier alpha value is -6.18. The molecule has 0 amide bonds. The topological polar surface area (TPSA) is 3.24 Å². The molecule has 0 N–H and O–H groups in total. The standard InChI is InChI=1S/C49H37N/c1-49(2)47-21-9-8-20-45(47)46-29-28-44(33-48(46)49)50(43-19-11-18-40(32-43)41-23-22-35-14-6-7-15-37(35)31-41)42-26-24-36(25-27-42)39-17-10-16-38(30-39)34-12-4-3-5-13-34/h3-33H,1-2H3. The molecular weight excluding hydrogens is 603 g/mol. The molecule has 50 heavy (non-hydrogen) atoms. The summed E-state index contributed by atoms with van der Waals surface area (Å²) in [6.07, 6.45) is 0. The Morgan fingerprint density at radius 3 is 1.66 bits per heavy atom. The van der Waals surface area contributed by atoms with Gasteiger partial charge in [0.1, 0.15) is 0 Å².